The summed E-state index contributed by atoms with van der Waals surface area (Å²) in [4.78, 5) is 6.60. The number of halogens is 1. The van der Waals surface area contributed by atoms with Gasteiger partial charge in [0.1, 0.15) is 0 Å². The van der Waals surface area contributed by atoms with E-state index in [1.807, 2.05) is 19.2 Å². The molecule has 0 aliphatic carbocycles. The molecule has 2 heterocycles. The number of aryl methyl sites for hydroxylation is 1. The fourth-order valence-electron chi connectivity index (χ4n) is 2.47. The Kier molecular flexibility index (Phi) is 3.87. The molecule has 0 bridgehead atoms. The van der Waals surface area contributed by atoms with Gasteiger partial charge in [-0.05, 0) is 58.1 Å². The number of benzene rings is 1. The maximum Gasteiger partial charge on any atom is 0.0701 e. The number of nitrogens with zero attached hydrogens (tertiary/aromatic N) is 2. The molecule has 1 aromatic carbocycles. The lowest BCUT2D eigenvalue weighted by atomic mass is 10.1. The molecule has 0 amide bonds. The summed E-state index contributed by atoms with van der Waals surface area (Å²) in [5.74, 6) is 0. The Bertz CT molecular complexity index is 797. The van der Waals surface area contributed by atoms with E-state index in [0.29, 0.717) is 0 Å². The zero-order chi connectivity index (χ0) is 15.0. The van der Waals surface area contributed by atoms with Gasteiger partial charge < -0.3 is 10.6 Å². The number of nitrogens with two attached hydrogens (primary N) is 1. The number of thiophene rings is 1. The minimum Gasteiger partial charge on any atom is -0.398 e. The van der Waals surface area contributed by atoms with E-state index in [4.69, 9.17) is 5.73 Å². The molecule has 3 rings (SSSR count). The molecule has 0 atom stereocenters. The van der Waals surface area contributed by atoms with Crippen LogP contribution in [0.1, 0.15) is 11.3 Å². The van der Waals surface area contributed by atoms with Gasteiger partial charge in [-0.3, -0.25) is 4.98 Å². The third-order valence-electron chi connectivity index (χ3n) is 3.50. The van der Waals surface area contributed by atoms with Gasteiger partial charge in [0, 0.05) is 47.6 Å². The molecule has 0 saturated carbocycles. The average molecular weight is 362 g/mol. The van der Waals surface area contributed by atoms with Crippen molar-refractivity contribution in [3.05, 3.63) is 50.9 Å². The minimum atomic E-state index is 0.771. The summed E-state index contributed by atoms with van der Waals surface area (Å²) in [7, 11) is 2.10. The molecule has 0 aliphatic rings. The van der Waals surface area contributed by atoms with Crippen molar-refractivity contribution in [1.29, 1.82) is 0 Å². The summed E-state index contributed by atoms with van der Waals surface area (Å²) in [6.45, 7) is 2.87. The second-order valence-electron chi connectivity index (χ2n) is 5.16. The van der Waals surface area contributed by atoms with Crippen LogP contribution < -0.4 is 10.6 Å². The van der Waals surface area contributed by atoms with E-state index in [1.54, 1.807) is 11.3 Å². The van der Waals surface area contributed by atoms with Crippen molar-refractivity contribution in [3.63, 3.8) is 0 Å². The average Bonchev–Trinajstić information content (AvgIpc) is 2.84. The van der Waals surface area contributed by atoms with E-state index < -0.39 is 0 Å². The van der Waals surface area contributed by atoms with Crippen molar-refractivity contribution in [3.8, 4) is 0 Å². The van der Waals surface area contributed by atoms with E-state index in [9.17, 15) is 0 Å². The number of pyridine rings is 1. The Labute approximate surface area is 136 Å². The lowest BCUT2D eigenvalue weighted by Gasteiger charge is -2.21. The van der Waals surface area contributed by atoms with Gasteiger partial charge in [0.15, 0.2) is 0 Å². The Morgan fingerprint density at radius 2 is 2.10 bits per heavy atom. The number of nitrogen functional groups attached to an aromatic ring is 1. The van der Waals surface area contributed by atoms with Gasteiger partial charge in [0.25, 0.3) is 0 Å². The van der Waals surface area contributed by atoms with Gasteiger partial charge >= 0.3 is 0 Å². The quantitative estimate of drug-likeness (QED) is 0.693. The van der Waals surface area contributed by atoms with E-state index in [-0.39, 0.29) is 0 Å². The first-order valence-corrected chi connectivity index (χ1v) is 8.31. The van der Waals surface area contributed by atoms with Crippen molar-refractivity contribution in [2.24, 2.45) is 0 Å². The zero-order valence-electron chi connectivity index (χ0n) is 11.9. The van der Waals surface area contributed by atoms with Gasteiger partial charge in [-0.2, -0.15) is 0 Å². The summed E-state index contributed by atoms with van der Waals surface area (Å²) < 4.78 is 1.16. The number of aromatic nitrogens is 1. The summed E-state index contributed by atoms with van der Waals surface area (Å²) in [6, 6.07) is 8.29. The summed E-state index contributed by atoms with van der Waals surface area (Å²) in [6.07, 6.45) is 1.86. The van der Waals surface area contributed by atoms with Crippen LogP contribution in [0.25, 0.3) is 10.8 Å². The molecule has 3 aromatic rings. The summed E-state index contributed by atoms with van der Waals surface area (Å²) in [5.41, 5.74) is 10.3. The van der Waals surface area contributed by atoms with Gasteiger partial charge in [-0.25, -0.2) is 0 Å². The smallest absolute Gasteiger partial charge is 0.0701 e. The highest BCUT2D eigenvalue weighted by molar-refractivity contribution is 9.11. The number of anilines is 2. The molecule has 2 N–H and O–H groups in total. The van der Waals surface area contributed by atoms with Gasteiger partial charge in [0.2, 0.25) is 0 Å². The summed E-state index contributed by atoms with van der Waals surface area (Å²) >= 11 is 5.22. The monoisotopic (exact) mass is 361 g/mol. The molecule has 0 radical (unpaired) electrons. The van der Waals surface area contributed by atoms with Crippen LogP contribution in [-0.4, -0.2) is 12.0 Å². The number of fused-ring (bicyclic) bond motifs is 1. The van der Waals surface area contributed by atoms with Crippen molar-refractivity contribution >= 4 is 49.4 Å². The maximum absolute atomic E-state index is 6.07. The lowest BCUT2D eigenvalue weighted by molar-refractivity contribution is 0.932. The van der Waals surface area contributed by atoms with Crippen LogP contribution in [-0.2, 0) is 6.54 Å². The Morgan fingerprint density at radius 3 is 2.81 bits per heavy atom. The Morgan fingerprint density at radius 1 is 1.29 bits per heavy atom. The molecule has 0 unspecified atom stereocenters. The highest BCUT2D eigenvalue weighted by Crippen LogP contribution is 2.32. The highest BCUT2D eigenvalue weighted by Gasteiger charge is 2.10. The predicted molar refractivity (Wildman–Crippen MR) is 95.0 cm³/mol. The van der Waals surface area contributed by atoms with E-state index in [2.05, 4.69) is 56.4 Å². The summed E-state index contributed by atoms with van der Waals surface area (Å²) in [5, 5.41) is 4.34. The van der Waals surface area contributed by atoms with Crippen molar-refractivity contribution in [2.75, 3.05) is 17.7 Å². The van der Waals surface area contributed by atoms with Gasteiger partial charge in [0.05, 0.1) is 3.79 Å². The first-order chi connectivity index (χ1) is 10.0. The minimum absolute atomic E-state index is 0.771. The normalized spacial score (nSPS) is 11.0. The molecule has 2 aromatic heterocycles. The van der Waals surface area contributed by atoms with Crippen LogP contribution in [0, 0.1) is 6.92 Å². The first kappa shape index (κ1) is 14.4. The highest BCUT2D eigenvalue weighted by atomic mass is 79.9. The van der Waals surface area contributed by atoms with Crippen molar-refractivity contribution in [2.45, 2.75) is 13.5 Å². The SMILES string of the molecule is Cc1cc2c(N(C)Cc3csc(Br)c3)ccc(N)c2cn1. The molecular formula is C16H16BrN3S. The predicted octanol–water partition coefficient (Wildman–Crippen LogP) is 4.59. The maximum atomic E-state index is 6.07. The standard InChI is InChI=1S/C16H16BrN3S/c1-10-5-12-13(7-19-10)14(18)3-4-15(12)20(2)8-11-6-16(17)21-9-11/h3-7,9H,8,18H2,1-2H3. The number of hydrogen-bond donors (Lipinski definition) is 1. The van der Waals surface area contributed by atoms with E-state index in [0.717, 1.165) is 32.5 Å². The van der Waals surface area contributed by atoms with Crippen LogP contribution in [0.3, 0.4) is 0 Å². The molecule has 5 heteroatoms. The molecule has 0 spiro atoms. The zero-order valence-corrected chi connectivity index (χ0v) is 14.3. The fraction of sp³-hybridized carbons (Fsp3) is 0.188. The molecular weight excluding hydrogens is 346 g/mol. The van der Waals surface area contributed by atoms with E-state index in [1.165, 1.54) is 11.3 Å². The third-order valence-corrected chi connectivity index (χ3v) is 5.05. The Balaban J connectivity index is 2.03. The largest absolute Gasteiger partial charge is 0.398 e. The van der Waals surface area contributed by atoms with Gasteiger partial charge in [-0.1, -0.05) is 0 Å². The van der Waals surface area contributed by atoms with Crippen LogP contribution in [0.15, 0.2) is 39.6 Å². The Hall–Kier alpha value is -1.59. The molecule has 0 aliphatic heterocycles. The fourth-order valence-corrected chi connectivity index (χ4v) is 3.67. The van der Waals surface area contributed by atoms with Crippen LogP contribution >= 0.6 is 27.3 Å². The van der Waals surface area contributed by atoms with Crippen LogP contribution in [0.2, 0.25) is 0 Å². The topological polar surface area (TPSA) is 42.1 Å². The van der Waals surface area contributed by atoms with E-state index >= 15 is 0 Å². The number of hydrogen-bond acceptors (Lipinski definition) is 4. The van der Waals surface area contributed by atoms with Crippen molar-refractivity contribution in [1.82, 2.24) is 4.98 Å². The molecule has 3 nitrogen and oxygen atoms in total. The molecule has 0 fully saturated rings. The lowest BCUT2D eigenvalue weighted by Crippen LogP contribution is -2.16. The van der Waals surface area contributed by atoms with Gasteiger partial charge in [-0.15, -0.1) is 11.3 Å². The molecule has 21 heavy (non-hydrogen) atoms. The second kappa shape index (κ2) is 5.66. The first-order valence-electron chi connectivity index (χ1n) is 6.63. The molecule has 108 valence electrons. The van der Waals surface area contributed by atoms with Crippen molar-refractivity contribution < 1.29 is 0 Å². The number of rotatable bonds is 3. The molecule has 0 saturated heterocycles. The second-order valence-corrected chi connectivity index (χ2v) is 7.45. The van der Waals surface area contributed by atoms with Crippen LogP contribution in [0.4, 0.5) is 11.4 Å². The third kappa shape index (κ3) is 2.89. The van der Waals surface area contributed by atoms with Crippen LogP contribution in [0.5, 0.6) is 0 Å².